The van der Waals surface area contributed by atoms with Crippen LogP contribution in [0.3, 0.4) is 0 Å². The van der Waals surface area contributed by atoms with Gasteiger partial charge in [-0.25, -0.2) is 9.18 Å². The quantitative estimate of drug-likeness (QED) is 0.846. The lowest BCUT2D eigenvalue weighted by Crippen LogP contribution is -2.30. The smallest absolute Gasteiger partial charge is 0.326 e. The molecule has 1 unspecified atom stereocenters. The molecule has 0 radical (unpaired) electrons. The fourth-order valence-electron chi connectivity index (χ4n) is 1.69. The van der Waals surface area contributed by atoms with E-state index in [1.807, 2.05) is 0 Å². The van der Waals surface area contributed by atoms with Crippen LogP contribution in [-0.2, 0) is 9.59 Å². The van der Waals surface area contributed by atoms with E-state index in [1.54, 1.807) is 0 Å². The minimum atomic E-state index is -1.08. The minimum Gasteiger partial charge on any atom is -0.480 e. The molecular formula is C13H13FN2O4S. The summed E-state index contributed by atoms with van der Waals surface area (Å²) < 4.78 is 18.4. The molecule has 0 saturated carbocycles. The highest BCUT2D eigenvalue weighted by molar-refractivity contribution is 8.13. The number of anilines is 1. The molecule has 1 aromatic heterocycles. The van der Waals surface area contributed by atoms with Crippen molar-refractivity contribution in [1.82, 2.24) is 4.98 Å². The Labute approximate surface area is 123 Å². The second-order valence-electron chi connectivity index (χ2n) is 4.29. The van der Waals surface area contributed by atoms with Gasteiger partial charge in [-0.2, -0.15) is 4.98 Å². The van der Waals surface area contributed by atoms with Crippen LogP contribution in [0.25, 0.3) is 11.1 Å². The van der Waals surface area contributed by atoms with Gasteiger partial charge in [-0.05, 0) is 18.6 Å². The highest BCUT2D eigenvalue weighted by atomic mass is 32.2. The highest BCUT2D eigenvalue weighted by Gasteiger charge is 2.20. The van der Waals surface area contributed by atoms with Gasteiger partial charge >= 0.3 is 5.97 Å². The number of benzene rings is 1. The summed E-state index contributed by atoms with van der Waals surface area (Å²) in [6.07, 6.45) is 0.229. The molecule has 2 N–H and O–H groups in total. The third-order valence-electron chi connectivity index (χ3n) is 2.66. The largest absolute Gasteiger partial charge is 0.480 e. The molecule has 0 aliphatic carbocycles. The van der Waals surface area contributed by atoms with Crippen LogP contribution in [0, 0.1) is 5.82 Å². The number of aromatic nitrogens is 1. The van der Waals surface area contributed by atoms with E-state index in [2.05, 4.69) is 10.3 Å². The van der Waals surface area contributed by atoms with E-state index in [0.717, 1.165) is 11.8 Å². The van der Waals surface area contributed by atoms with E-state index < -0.39 is 17.8 Å². The Morgan fingerprint density at radius 3 is 2.95 bits per heavy atom. The fourth-order valence-corrected chi connectivity index (χ4v) is 2.33. The first kappa shape index (κ1) is 15.3. The molecule has 1 heterocycles. The summed E-state index contributed by atoms with van der Waals surface area (Å²) in [4.78, 5) is 26.0. The van der Waals surface area contributed by atoms with E-state index in [0.29, 0.717) is 16.9 Å². The number of carboxylic acid groups (broad SMARTS) is 1. The molecule has 0 fully saturated rings. The number of fused-ring (bicyclic) bond motifs is 1. The maximum absolute atomic E-state index is 13.0. The van der Waals surface area contributed by atoms with Crippen molar-refractivity contribution in [2.75, 3.05) is 11.1 Å². The van der Waals surface area contributed by atoms with Crippen molar-refractivity contribution in [3.8, 4) is 0 Å². The maximum atomic E-state index is 13.0. The molecule has 8 heteroatoms. The first-order valence-corrected chi connectivity index (χ1v) is 7.13. The molecule has 0 amide bonds. The Morgan fingerprint density at radius 1 is 1.52 bits per heavy atom. The zero-order chi connectivity index (χ0) is 15.4. The van der Waals surface area contributed by atoms with Gasteiger partial charge in [0.1, 0.15) is 17.4 Å². The molecule has 0 spiro atoms. The van der Waals surface area contributed by atoms with Crippen molar-refractivity contribution < 1.29 is 23.5 Å². The Balaban J connectivity index is 2.07. The Kier molecular flexibility index (Phi) is 4.79. The second kappa shape index (κ2) is 6.57. The van der Waals surface area contributed by atoms with Crippen LogP contribution in [-0.4, -0.2) is 33.0 Å². The predicted octanol–water partition coefficient (Wildman–Crippen LogP) is 2.50. The summed E-state index contributed by atoms with van der Waals surface area (Å²) in [7, 11) is 0. The molecule has 0 saturated heterocycles. The van der Waals surface area contributed by atoms with Crippen molar-refractivity contribution in [2.45, 2.75) is 19.4 Å². The van der Waals surface area contributed by atoms with E-state index >= 15 is 0 Å². The van der Waals surface area contributed by atoms with Gasteiger partial charge in [0.05, 0.1) is 0 Å². The number of hydrogen-bond acceptors (Lipinski definition) is 6. The number of rotatable bonds is 6. The molecule has 2 rings (SSSR count). The average Bonchev–Trinajstić information content (AvgIpc) is 2.78. The molecular weight excluding hydrogens is 299 g/mol. The number of oxazole rings is 1. The molecule has 1 atom stereocenters. The molecule has 21 heavy (non-hydrogen) atoms. The molecule has 112 valence electrons. The third kappa shape index (κ3) is 4.19. The number of hydrogen-bond donors (Lipinski definition) is 2. The van der Waals surface area contributed by atoms with Crippen LogP contribution in [0.4, 0.5) is 10.4 Å². The van der Waals surface area contributed by atoms with Crippen LogP contribution in [0.2, 0.25) is 0 Å². The molecule has 1 aromatic carbocycles. The van der Waals surface area contributed by atoms with Crippen molar-refractivity contribution >= 4 is 40.0 Å². The van der Waals surface area contributed by atoms with Crippen molar-refractivity contribution in [1.29, 1.82) is 0 Å². The van der Waals surface area contributed by atoms with E-state index in [9.17, 15) is 14.0 Å². The van der Waals surface area contributed by atoms with Crippen molar-refractivity contribution in [3.63, 3.8) is 0 Å². The topological polar surface area (TPSA) is 92.4 Å². The Bertz CT molecular complexity index is 673. The van der Waals surface area contributed by atoms with Crippen molar-refractivity contribution in [3.05, 3.63) is 24.0 Å². The summed E-state index contributed by atoms with van der Waals surface area (Å²) in [6, 6.07) is 2.93. The van der Waals surface area contributed by atoms with E-state index in [-0.39, 0.29) is 17.6 Å². The molecule has 2 aromatic rings. The van der Waals surface area contributed by atoms with Crippen LogP contribution in [0.5, 0.6) is 0 Å². The van der Waals surface area contributed by atoms with Crippen LogP contribution >= 0.6 is 11.8 Å². The standard InChI is InChI=1S/C13H13FN2O4S/c1-7(17)21-5-4-9(12(18)19)15-13-16-10-6-8(14)2-3-11(10)20-13/h2-3,6,9H,4-5H2,1H3,(H,15,16)(H,18,19). The van der Waals surface area contributed by atoms with Crippen LogP contribution in [0.1, 0.15) is 13.3 Å². The van der Waals surface area contributed by atoms with E-state index in [1.165, 1.54) is 25.1 Å². The lowest BCUT2D eigenvalue weighted by molar-refractivity contribution is -0.138. The maximum Gasteiger partial charge on any atom is 0.326 e. The second-order valence-corrected chi connectivity index (χ2v) is 5.57. The van der Waals surface area contributed by atoms with Gasteiger partial charge < -0.3 is 14.8 Å². The lowest BCUT2D eigenvalue weighted by atomic mass is 10.2. The summed E-state index contributed by atoms with van der Waals surface area (Å²) in [5, 5.41) is 11.7. The molecule has 0 aliphatic rings. The number of halogens is 1. The van der Waals surface area contributed by atoms with Gasteiger partial charge in [0.15, 0.2) is 10.7 Å². The Hall–Kier alpha value is -2.09. The summed E-state index contributed by atoms with van der Waals surface area (Å²) in [5.41, 5.74) is 0.667. The number of nitrogens with zero attached hydrogens (tertiary/aromatic N) is 1. The lowest BCUT2D eigenvalue weighted by Gasteiger charge is -2.11. The number of nitrogens with one attached hydrogen (secondary N) is 1. The van der Waals surface area contributed by atoms with Gasteiger partial charge in [0, 0.05) is 18.7 Å². The van der Waals surface area contributed by atoms with Gasteiger partial charge in [-0.15, -0.1) is 0 Å². The average molecular weight is 312 g/mol. The van der Waals surface area contributed by atoms with Crippen LogP contribution < -0.4 is 5.32 Å². The monoisotopic (exact) mass is 312 g/mol. The number of carbonyl (C=O) groups is 2. The highest BCUT2D eigenvalue weighted by Crippen LogP contribution is 2.21. The zero-order valence-corrected chi connectivity index (χ0v) is 11.9. The van der Waals surface area contributed by atoms with Gasteiger partial charge in [0.25, 0.3) is 6.01 Å². The first-order valence-electron chi connectivity index (χ1n) is 6.14. The number of thioether (sulfide) groups is 1. The molecule has 0 aliphatic heterocycles. The first-order chi connectivity index (χ1) is 9.95. The van der Waals surface area contributed by atoms with Gasteiger partial charge in [0.2, 0.25) is 0 Å². The van der Waals surface area contributed by atoms with Gasteiger partial charge in [-0.3, -0.25) is 4.79 Å². The number of carbonyl (C=O) groups excluding carboxylic acids is 1. The number of carboxylic acids is 1. The SMILES string of the molecule is CC(=O)SCCC(Nc1nc2cc(F)ccc2o1)C(=O)O. The van der Waals surface area contributed by atoms with Crippen molar-refractivity contribution in [2.24, 2.45) is 0 Å². The molecule has 0 bridgehead atoms. The molecule has 6 nitrogen and oxygen atoms in total. The van der Waals surface area contributed by atoms with Gasteiger partial charge in [-0.1, -0.05) is 11.8 Å². The summed E-state index contributed by atoms with van der Waals surface area (Å²) in [6.45, 7) is 1.42. The number of aliphatic carboxylic acids is 1. The van der Waals surface area contributed by atoms with E-state index in [4.69, 9.17) is 9.52 Å². The third-order valence-corrected chi connectivity index (χ3v) is 3.50. The Morgan fingerprint density at radius 2 is 2.29 bits per heavy atom. The fraction of sp³-hybridized carbons (Fsp3) is 0.308. The summed E-state index contributed by atoms with van der Waals surface area (Å²) in [5.74, 6) is -1.16. The minimum absolute atomic E-state index is 0.0100. The zero-order valence-electron chi connectivity index (χ0n) is 11.1. The normalized spacial score (nSPS) is 12.3. The summed E-state index contributed by atoms with van der Waals surface area (Å²) >= 11 is 1.05. The van der Waals surface area contributed by atoms with Crippen LogP contribution in [0.15, 0.2) is 22.6 Å². The predicted molar refractivity (Wildman–Crippen MR) is 76.8 cm³/mol.